The number of rotatable bonds is 29. The van der Waals surface area contributed by atoms with Gasteiger partial charge in [0.05, 0.1) is 46.2 Å². The molecule has 95 heavy (non-hydrogen) atoms. The molecule has 0 spiro atoms. The van der Waals surface area contributed by atoms with E-state index in [4.69, 9.17) is 35.2 Å². The van der Waals surface area contributed by atoms with Crippen molar-refractivity contribution in [3.05, 3.63) is 108 Å². The Labute approximate surface area is 552 Å². The fraction of sp³-hybridized carbons (Fsp3) is 0.537. The molecule has 2 aromatic carbocycles. The van der Waals surface area contributed by atoms with Crippen molar-refractivity contribution < 1.29 is 68.1 Å². The van der Waals surface area contributed by atoms with Crippen LogP contribution in [-0.2, 0) is 46.2 Å². The van der Waals surface area contributed by atoms with Crippen molar-refractivity contribution >= 4 is 63.6 Å². The predicted octanol–water partition coefficient (Wildman–Crippen LogP) is 5.04. The van der Waals surface area contributed by atoms with Gasteiger partial charge in [0.25, 0.3) is 0 Å². The monoisotopic (exact) mass is 1320 g/mol. The van der Waals surface area contributed by atoms with Gasteiger partial charge < -0.3 is 76.8 Å². The molecule has 3 aliphatic rings. The number of hydrogen-bond acceptors (Lipinski definition) is 22. The van der Waals surface area contributed by atoms with Crippen molar-refractivity contribution in [2.45, 2.75) is 180 Å². The zero-order chi connectivity index (χ0) is 68.7. The number of fused-ring (bicyclic) bond motifs is 2. The number of ether oxygens (including phenoxy) is 5. The molecule has 9 rings (SSSR count). The molecule has 0 saturated carbocycles. The van der Waals surface area contributed by atoms with Gasteiger partial charge in [-0.05, 0) is 125 Å². The molecular formula is C67H92N14O14. The fourth-order valence-electron chi connectivity index (χ4n) is 12.8. The number of nitrogens with one attached hydrogen (secondary N) is 4. The van der Waals surface area contributed by atoms with Crippen molar-refractivity contribution in [1.82, 2.24) is 60.3 Å². The number of ketones is 1. The number of aliphatic hydroxyl groups excluding tert-OH is 4. The largest absolute Gasteiger partial charge is 0.497 e. The van der Waals surface area contributed by atoms with E-state index in [0.717, 1.165) is 40.2 Å². The molecule has 3 unspecified atom stereocenters. The van der Waals surface area contributed by atoms with Gasteiger partial charge in [0.2, 0.25) is 17.7 Å². The van der Waals surface area contributed by atoms with Gasteiger partial charge in [-0.1, -0.05) is 75.9 Å². The molecule has 4 amide bonds. The number of aliphatic hydroxyl groups is 4. The highest BCUT2D eigenvalue weighted by molar-refractivity contribution is 6.07. The third kappa shape index (κ3) is 18.2. The summed E-state index contributed by atoms with van der Waals surface area (Å²) in [6.45, 7) is 12.4. The minimum Gasteiger partial charge on any atom is -0.497 e. The highest BCUT2D eigenvalue weighted by atomic mass is 16.6. The van der Waals surface area contributed by atoms with Crippen molar-refractivity contribution in [2.24, 2.45) is 17.3 Å². The maximum atomic E-state index is 13.7. The number of amides is 4. The van der Waals surface area contributed by atoms with Crippen LogP contribution in [-0.4, -0.2) is 172 Å². The first-order chi connectivity index (χ1) is 45.5. The van der Waals surface area contributed by atoms with E-state index < -0.39 is 72.7 Å². The second-order valence-electron chi connectivity index (χ2n) is 25.3. The number of nitrogens with two attached hydrogens (primary N) is 2. The highest BCUT2D eigenvalue weighted by Crippen LogP contribution is 2.40. The third-order valence-electron chi connectivity index (χ3n) is 18.1. The Morgan fingerprint density at radius 2 is 1.08 bits per heavy atom. The number of carbonyl (C=O) groups excluding carboxylic acids is 5. The Morgan fingerprint density at radius 1 is 0.642 bits per heavy atom. The normalized spacial score (nSPS) is 21.7. The quantitative estimate of drug-likeness (QED) is 0.0294. The van der Waals surface area contributed by atoms with Crippen LogP contribution in [0.5, 0.6) is 11.5 Å². The summed E-state index contributed by atoms with van der Waals surface area (Å²) in [7, 11) is 4.45. The van der Waals surface area contributed by atoms with Gasteiger partial charge >= 0.3 is 6.09 Å². The third-order valence-corrected chi connectivity index (χ3v) is 18.1. The lowest BCUT2D eigenvalue weighted by atomic mass is 9.73. The van der Waals surface area contributed by atoms with E-state index in [1.165, 1.54) is 37.0 Å². The molecule has 2 saturated heterocycles. The van der Waals surface area contributed by atoms with Crippen LogP contribution in [0, 0.1) is 17.3 Å². The van der Waals surface area contributed by atoms with Gasteiger partial charge in [0, 0.05) is 30.5 Å². The topological polar surface area (TPSA) is 400 Å². The lowest BCUT2D eigenvalue weighted by molar-refractivity contribution is -0.130. The van der Waals surface area contributed by atoms with Crippen molar-refractivity contribution in [3.63, 3.8) is 0 Å². The second-order valence-corrected chi connectivity index (χ2v) is 25.3. The Hall–Kier alpha value is -8.67. The van der Waals surface area contributed by atoms with E-state index in [2.05, 4.69) is 51.2 Å². The van der Waals surface area contributed by atoms with Crippen LogP contribution < -0.4 is 42.2 Å². The van der Waals surface area contributed by atoms with Crippen molar-refractivity contribution in [1.29, 1.82) is 0 Å². The van der Waals surface area contributed by atoms with E-state index in [0.29, 0.717) is 105 Å². The number of benzene rings is 2. The van der Waals surface area contributed by atoms with Crippen LogP contribution in [0.3, 0.4) is 0 Å². The van der Waals surface area contributed by atoms with Crippen LogP contribution in [0.2, 0.25) is 0 Å². The molecule has 12 atom stereocenters. The molecule has 0 bridgehead atoms. The number of anilines is 2. The SMILES string of the molecule is CC[C@@H](CCC(NC(=O)OC)C(=O)NCCc1ccc(OC)cc1)C[C@H]1O[C@@H](n2cnc3c(N)ncnc32)[C@@H](O)C1O.CC[C@@H](CC[C@H](NC(=O)CC(C)(C)C1=C(C)CC(C)=CC1=O)C(=O)NCCc1ccc(OC)cc1)C[C@H]1O[C@@H](n2cnc3c(N)ncnc32)[C@@H](O)C1O. The molecule has 0 radical (unpaired) electrons. The first-order valence-electron chi connectivity index (χ1n) is 32.2. The van der Waals surface area contributed by atoms with Crippen LogP contribution in [0.1, 0.15) is 129 Å². The number of imidazole rings is 2. The van der Waals surface area contributed by atoms with Crippen LogP contribution in [0.25, 0.3) is 22.3 Å². The molecule has 28 heteroatoms. The average molecular weight is 1320 g/mol. The number of methoxy groups -OCH3 is 3. The molecule has 6 aromatic rings. The zero-order valence-corrected chi connectivity index (χ0v) is 55.4. The summed E-state index contributed by atoms with van der Waals surface area (Å²) < 4.78 is 30.5. The van der Waals surface area contributed by atoms with Gasteiger partial charge in [-0.15, -0.1) is 0 Å². The van der Waals surface area contributed by atoms with Crippen molar-refractivity contribution in [2.75, 3.05) is 45.9 Å². The van der Waals surface area contributed by atoms with Gasteiger partial charge in [0.15, 0.2) is 41.2 Å². The highest BCUT2D eigenvalue weighted by Gasteiger charge is 2.47. The summed E-state index contributed by atoms with van der Waals surface area (Å²) in [5.41, 5.74) is 17.2. The number of carbonyl (C=O) groups is 5. The van der Waals surface area contributed by atoms with E-state index in [-0.39, 0.29) is 53.4 Å². The molecule has 12 N–H and O–H groups in total. The van der Waals surface area contributed by atoms with E-state index in [9.17, 15) is 44.4 Å². The number of alkyl carbamates (subject to hydrolysis) is 1. The number of nitrogen functional groups attached to an aromatic ring is 2. The van der Waals surface area contributed by atoms with Gasteiger partial charge in [-0.2, -0.15) is 0 Å². The number of aromatic nitrogens is 8. The Morgan fingerprint density at radius 3 is 1.49 bits per heavy atom. The average Bonchev–Trinajstić information content (AvgIpc) is 1.68. The summed E-state index contributed by atoms with van der Waals surface area (Å²) in [5.74, 6) is 0.900. The van der Waals surface area contributed by atoms with Crippen LogP contribution in [0.15, 0.2) is 96.6 Å². The second kappa shape index (κ2) is 33.1. The molecule has 2 aliphatic heterocycles. The maximum Gasteiger partial charge on any atom is 0.407 e. The fourth-order valence-corrected chi connectivity index (χ4v) is 12.8. The van der Waals surface area contributed by atoms with Gasteiger partial charge in [0.1, 0.15) is 71.7 Å². The predicted molar refractivity (Wildman–Crippen MR) is 352 cm³/mol. The Bertz CT molecular complexity index is 3650. The summed E-state index contributed by atoms with van der Waals surface area (Å²) >= 11 is 0. The minimum atomic E-state index is -1.24. The summed E-state index contributed by atoms with van der Waals surface area (Å²) in [6.07, 6.45) is 4.42. The van der Waals surface area contributed by atoms with E-state index in [1.54, 1.807) is 24.9 Å². The molecule has 28 nitrogen and oxygen atoms in total. The first-order valence-corrected chi connectivity index (χ1v) is 32.2. The molecule has 6 heterocycles. The molecule has 1 aliphatic carbocycles. The lowest BCUT2D eigenvalue weighted by Crippen LogP contribution is -2.48. The van der Waals surface area contributed by atoms with Crippen molar-refractivity contribution in [3.8, 4) is 11.5 Å². The smallest absolute Gasteiger partial charge is 0.407 e. The van der Waals surface area contributed by atoms with Gasteiger partial charge in [-0.3, -0.25) is 28.3 Å². The standard InChI is InChI=1S/C39H53N7O7.C28H39N7O7/c1-7-24(18-29-33(49)34(50)38(53-29)46-21-44-32-35(40)42-20-43-36(32)46)10-13-27(37(51)41-15-14-25-8-11-26(52-6)12-9-25)45-30(48)19-39(4,5)31-23(3)16-22(2)17-28(31)47;1-4-16(13-20-22(36)23(37)27(42-20)35-15-33-21-24(29)31-14-32-25(21)35)7-10-19(34-28(39)41-3)26(38)30-12-11-17-5-8-18(40-2)9-6-17/h8-9,11-12,17,20-21,24,27,29,33-34,38,49-50H,7,10,13-16,18-19H2,1-6H3,(H,41,51)(H,45,48)(H2,40,42,43);5-6,8-9,14-16,19-20,22-23,27,36-37H,4,7,10-13H2,1-3H3,(H,30,38)(H,34,39)(H2,29,31,32)/t24-,27-,29+,33?,34-,38+;16-,19?,20+,22?,23-,27+/m00/s1. The van der Waals surface area contributed by atoms with Gasteiger partial charge in [-0.25, -0.2) is 34.7 Å². The van der Waals surface area contributed by atoms with Crippen LogP contribution in [0.4, 0.5) is 16.4 Å². The number of allylic oxidation sites excluding steroid dienone is 4. The summed E-state index contributed by atoms with van der Waals surface area (Å²) in [4.78, 5) is 90.1. The molecular weight excluding hydrogens is 1220 g/mol. The Balaban J connectivity index is 0.000000250. The maximum absolute atomic E-state index is 13.7. The zero-order valence-electron chi connectivity index (χ0n) is 55.4. The van der Waals surface area contributed by atoms with E-state index in [1.807, 2.05) is 90.1 Å². The minimum absolute atomic E-state index is 0.0104. The first kappa shape index (κ1) is 72.2. The number of nitrogens with zero attached hydrogens (tertiary/aromatic N) is 8. The lowest BCUT2D eigenvalue weighted by Gasteiger charge is -2.31. The summed E-state index contributed by atoms with van der Waals surface area (Å²) in [5, 5.41) is 55.2. The van der Waals surface area contributed by atoms with E-state index >= 15 is 0 Å². The van der Waals surface area contributed by atoms with Crippen LogP contribution >= 0.6 is 0 Å². The molecule has 2 fully saturated rings. The summed E-state index contributed by atoms with van der Waals surface area (Å²) in [6, 6.07) is 13.6. The number of hydrogen-bond donors (Lipinski definition) is 10. The Kier molecular flexibility index (Phi) is 25.2. The molecule has 514 valence electrons. The molecule has 4 aromatic heterocycles.